The SMILES string of the molecule is O=C(Nc1ccccc1-c1ccccc1)N1CC/C=C(/c2ccccc2)N(Cc2ccc(F)cc2)C(=O)C1. The predicted molar refractivity (Wildman–Crippen MR) is 148 cm³/mol. The Morgan fingerprint density at radius 1 is 0.789 bits per heavy atom. The Hall–Kier alpha value is -4.71. The molecule has 5 rings (SSSR count). The Balaban J connectivity index is 1.40. The molecule has 0 bridgehead atoms. The van der Waals surface area contributed by atoms with E-state index in [1.54, 1.807) is 21.9 Å². The molecule has 1 aliphatic heterocycles. The molecular formula is C32H28FN3O2. The molecule has 0 saturated carbocycles. The van der Waals surface area contributed by atoms with Gasteiger partial charge in [0.05, 0.1) is 12.2 Å². The van der Waals surface area contributed by atoms with E-state index in [9.17, 15) is 14.0 Å². The van der Waals surface area contributed by atoms with Crippen LogP contribution < -0.4 is 5.32 Å². The quantitative estimate of drug-likeness (QED) is 0.324. The summed E-state index contributed by atoms with van der Waals surface area (Å²) < 4.78 is 13.5. The summed E-state index contributed by atoms with van der Waals surface area (Å²) in [5, 5.41) is 3.02. The summed E-state index contributed by atoms with van der Waals surface area (Å²) >= 11 is 0. The van der Waals surface area contributed by atoms with Crippen LogP contribution in [-0.4, -0.2) is 34.8 Å². The van der Waals surface area contributed by atoms with Crippen LogP contribution in [0.2, 0.25) is 0 Å². The average Bonchev–Trinajstić information content (AvgIpc) is 2.95. The van der Waals surface area contributed by atoms with Crippen LogP contribution in [0, 0.1) is 5.82 Å². The molecule has 0 aromatic heterocycles. The van der Waals surface area contributed by atoms with Crippen LogP contribution in [0.4, 0.5) is 14.9 Å². The highest BCUT2D eigenvalue weighted by molar-refractivity contribution is 5.97. The third-order valence-corrected chi connectivity index (χ3v) is 6.52. The normalized spacial score (nSPS) is 15.3. The monoisotopic (exact) mass is 505 g/mol. The predicted octanol–water partition coefficient (Wildman–Crippen LogP) is 6.80. The van der Waals surface area contributed by atoms with E-state index in [0.29, 0.717) is 18.7 Å². The van der Waals surface area contributed by atoms with Gasteiger partial charge in [0.15, 0.2) is 0 Å². The minimum Gasteiger partial charge on any atom is -0.315 e. The summed E-state index contributed by atoms with van der Waals surface area (Å²) in [5.74, 6) is -0.541. The molecule has 190 valence electrons. The summed E-state index contributed by atoms with van der Waals surface area (Å²) in [4.78, 5) is 30.3. The number of para-hydroxylation sites is 1. The molecule has 0 spiro atoms. The number of hydrogen-bond donors (Lipinski definition) is 1. The van der Waals surface area contributed by atoms with Gasteiger partial charge in [0.1, 0.15) is 12.4 Å². The molecule has 0 fully saturated rings. The van der Waals surface area contributed by atoms with Crippen LogP contribution in [0.1, 0.15) is 17.5 Å². The second-order valence-corrected chi connectivity index (χ2v) is 9.11. The average molecular weight is 506 g/mol. The second-order valence-electron chi connectivity index (χ2n) is 9.11. The molecule has 1 aliphatic rings. The number of anilines is 1. The molecule has 0 atom stereocenters. The first kappa shape index (κ1) is 25.0. The Morgan fingerprint density at radius 2 is 1.42 bits per heavy atom. The summed E-state index contributed by atoms with van der Waals surface area (Å²) in [6.45, 7) is 0.586. The number of amides is 3. The Labute approximate surface area is 221 Å². The Bertz CT molecular complexity index is 1440. The van der Waals surface area contributed by atoms with Crippen molar-refractivity contribution in [3.8, 4) is 11.1 Å². The van der Waals surface area contributed by atoms with E-state index in [4.69, 9.17) is 0 Å². The van der Waals surface area contributed by atoms with Crippen LogP contribution in [0.15, 0.2) is 115 Å². The lowest BCUT2D eigenvalue weighted by Crippen LogP contribution is -2.45. The molecule has 1 N–H and O–H groups in total. The topological polar surface area (TPSA) is 52.7 Å². The molecule has 1 heterocycles. The van der Waals surface area contributed by atoms with Crippen molar-refractivity contribution in [2.45, 2.75) is 13.0 Å². The number of carbonyl (C=O) groups is 2. The van der Waals surface area contributed by atoms with E-state index in [1.165, 1.54) is 12.1 Å². The molecule has 0 radical (unpaired) electrons. The van der Waals surface area contributed by atoms with Gasteiger partial charge in [0.25, 0.3) is 0 Å². The number of nitrogens with zero attached hydrogens (tertiary/aromatic N) is 2. The first-order valence-electron chi connectivity index (χ1n) is 12.6. The maximum Gasteiger partial charge on any atom is 0.322 e. The van der Waals surface area contributed by atoms with E-state index < -0.39 is 0 Å². The zero-order valence-electron chi connectivity index (χ0n) is 20.9. The van der Waals surface area contributed by atoms with Crippen molar-refractivity contribution < 1.29 is 14.0 Å². The first-order valence-corrected chi connectivity index (χ1v) is 12.6. The largest absolute Gasteiger partial charge is 0.322 e. The van der Waals surface area contributed by atoms with Crippen molar-refractivity contribution in [2.24, 2.45) is 0 Å². The van der Waals surface area contributed by atoms with Crippen LogP contribution in [-0.2, 0) is 11.3 Å². The molecule has 6 heteroatoms. The fourth-order valence-corrected chi connectivity index (χ4v) is 4.59. The fourth-order valence-electron chi connectivity index (χ4n) is 4.59. The van der Waals surface area contributed by atoms with Crippen molar-refractivity contribution >= 4 is 23.3 Å². The fraction of sp³-hybridized carbons (Fsp3) is 0.125. The highest BCUT2D eigenvalue weighted by Gasteiger charge is 2.27. The molecule has 0 aliphatic carbocycles. The van der Waals surface area contributed by atoms with Crippen molar-refractivity contribution in [2.75, 3.05) is 18.4 Å². The second kappa shape index (κ2) is 11.6. The van der Waals surface area contributed by atoms with E-state index in [0.717, 1.165) is 28.0 Å². The zero-order valence-corrected chi connectivity index (χ0v) is 20.9. The molecule has 0 saturated heterocycles. The van der Waals surface area contributed by atoms with E-state index in [-0.39, 0.29) is 30.8 Å². The Kier molecular flexibility index (Phi) is 7.59. The maximum absolute atomic E-state index is 13.7. The molecule has 0 unspecified atom stereocenters. The lowest BCUT2D eigenvalue weighted by Gasteiger charge is -2.32. The maximum atomic E-state index is 13.7. The molecule has 4 aromatic carbocycles. The van der Waals surface area contributed by atoms with Gasteiger partial charge in [-0.3, -0.25) is 4.79 Å². The minimum absolute atomic E-state index is 0.0787. The summed E-state index contributed by atoms with van der Waals surface area (Å²) in [6.07, 6.45) is 2.57. The van der Waals surface area contributed by atoms with E-state index in [2.05, 4.69) is 5.32 Å². The van der Waals surface area contributed by atoms with Gasteiger partial charge in [-0.05, 0) is 41.3 Å². The number of urea groups is 1. The zero-order chi connectivity index (χ0) is 26.3. The van der Waals surface area contributed by atoms with Gasteiger partial charge < -0.3 is 15.1 Å². The molecule has 4 aromatic rings. The van der Waals surface area contributed by atoms with Gasteiger partial charge in [-0.15, -0.1) is 0 Å². The summed E-state index contributed by atoms with van der Waals surface area (Å²) in [7, 11) is 0. The smallest absolute Gasteiger partial charge is 0.315 e. The van der Waals surface area contributed by atoms with Gasteiger partial charge in [0.2, 0.25) is 5.91 Å². The number of halogens is 1. The van der Waals surface area contributed by atoms with Gasteiger partial charge in [-0.2, -0.15) is 0 Å². The third kappa shape index (κ3) is 5.81. The molecule has 38 heavy (non-hydrogen) atoms. The van der Waals surface area contributed by atoms with Gasteiger partial charge in [-0.25, -0.2) is 9.18 Å². The van der Waals surface area contributed by atoms with Crippen molar-refractivity contribution in [1.82, 2.24) is 9.80 Å². The lowest BCUT2D eigenvalue weighted by atomic mass is 10.0. The van der Waals surface area contributed by atoms with E-state index >= 15 is 0 Å². The van der Waals surface area contributed by atoms with Crippen LogP contribution in [0.3, 0.4) is 0 Å². The van der Waals surface area contributed by atoms with E-state index in [1.807, 2.05) is 91.0 Å². The van der Waals surface area contributed by atoms with Gasteiger partial charge in [-0.1, -0.05) is 97.1 Å². The number of nitrogens with one attached hydrogen (secondary N) is 1. The number of hydrogen-bond acceptors (Lipinski definition) is 2. The number of benzene rings is 4. The number of rotatable bonds is 5. The molecular weight excluding hydrogens is 477 g/mol. The van der Waals surface area contributed by atoms with Gasteiger partial charge >= 0.3 is 6.03 Å². The van der Waals surface area contributed by atoms with Crippen molar-refractivity contribution in [3.05, 3.63) is 132 Å². The number of carbonyl (C=O) groups excluding carboxylic acids is 2. The molecule has 3 amide bonds. The third-order valence-electron chi connectivity index (χ3n) is 6.52. The minimum atomic E-state index is -0.333. The van der Waals surface area contributed by atoms with Crippen LogP contribution in [0.25, 0.3) is 16.8 Å². The van der Waals surface area contributed by atoms with Gasteiger partial charge in [0, 0.05) is 17.8 Å². The van der Waals surface area contributed by atoms with Crippen LogP contribution in [0.5, 0.6) is 0 Å². The highest BCUT2D eigenvalue weighted by atomic mass is 19.1. The lowest BCUT2D eigenvalue weighted by molar-refractivity contribution is -0.129. The standard InChI is InChI=1S/C32H28FN3O2/c33-27-19-17-24(18-20-27)22-36-30(26-12-5-2-6-13-26)16-9-21-35(23-31(36)37)32(38)34-29-15-8-7-14-28(29)25-10-3-1-4-11-25/h1-8,10-20H,9,21-23H2,(H,34,38)/b30-16-. The van der Waals surface area contributed by atoms with Crippen molar-refractivity contribution in [3.63, 3.8) is 0 Å². The summed E-state index contributed by atoms with van der Waals surface area (Å²) in [6, 6.07) is 33.0. The highest BCUT2D eigenvalue weighted by Crippen LogP contribution is 2.29. The molecule has 5 nitrogen and oxygen atoms in total. The van der Waals surface area contributed by atoms with Crippen LogP contribution >= 0.6 is 0 Å². The first-order chi connectivity index (χ1) is 18.6. The van der Waals surface area contributed by atoms with Crippen molar-refractivity contribution in [1.29, 1.82) is 0 Å². The summed E-state index contributed by atoms with van der Waals surface area (Å²) in [5.41, 5.74) is 5.08. The Morgan fingerprint density at radius 3 is 2.13 bits per heavy atom.